The van der Waals surface area contributed by atoms with Crippen molar-refractivity contribution in [1.82, 2.24) is 87.2 Å². The number of ether oxygens (including phenoxy) is 3. The molecule has 10 amide bonds. The van der Waals surface area contributed by atoms with E-state index in [0.717, 1.165) is 37.1 Å². The van der Waals surface area contributed by atoms with Crippen LogP contribution in [0.4, 0.5) is 8.78 Å². The Morgan fingerprint density at radius 2 is 1.17 bits per heavy atom. The Morgan fingerprint density at radius 1 is 0.595 bits per heavy atom. The lowest BCUT2D eigenvalue weighted by molar-refractivity contribution is -0.145. The van der Waals surface area contributed by atoms with Crippen LogP contribution in [0, 0.1) is 35.0 Å². The van der Waals surface area contributed by atoms with E-state index in [0.29, 0.717) is 118 Å². The summed E-state index contributed by atoms with van der Waals surface area (Å²) in [4.78, 5) is 207. The van der Waals surface area contributed by atoms with Crippen LogP contribution in [0.3, 0.4) is 0 Å². The van der Waals surface area contributed by atoms with Crippen molar-refractivity contribution in [3.05, 3.63) is 125 Å². The first-order valence-electron chi connectivity index (χ1n) is 42.4. The molecular weight excluding hydrogens is 1560 g/mol. The lowest BCUT2D eigenvalue weighted by Crippen LogP contribution is -2.62. The van der Waals surface area contributed by atoms with Crippen LogP contribution in [0.25, 0.3) is 11.6 Å². The minimum atomic E-state index is -3.39. The number of fused-ring (bicyclic) bond motifs is 1. The van der Waals surface area contributed by atoms with E-state index in [1.54, 1.807) is 48.7 Å². The number of carbonyl (C=O) groups excluding carboxylic acids is 12. The highest BCUT2D eigenvalue weighted by molar-refractivity contribution is 6.39. The molecule has 2 aliphatic heterocycles. The number of halogens is 2. The minimum absolute atomic E-state index is 0.0130. The van der Waals surface area contributed by atoms with Gasteiger partial charge in [0.25, 0.3) is 29.6 Å². The number of ketones is 2. The van der Waals surface area contributed by atoms with Gasteiger partial charge in [-0.25, -0.2) is 15.0 Å². The van der Waals surface area contributed by atoms with Gasteiger partial charge in [0.15, 0.2) is 0 Å². The standard InChI is InChI=1S/C87H111F2N17O15/c1-10-16-59(72(107)81(115)95-53-26-27-53)98-77(111)65-40-56(120-67-42-61(49-18-13-12-14-19-49)97-62-39-55(119-9)30-31-58(62)67)45-105(65)83(117)69(47(3)4)101-79(113)71(103-76(110)64-44-91-35-37-93-64)52-21-15-20-51(38-52)48-22-24-50(25-23-48)70(102-75(109)63-43-90-34-36-92-63)80(114)104-74(86(5,6)7)84(118)106-46-57(121-85-94-33-32-68(100-85)87(8,88)89)41-66(106)78(112)99-60(17-11-2)73(108)82(116)96-54-28-29-54/h12-14,18,30-37,42-44,47-48,50-54,56-57,59-60,65-66,69-71,74H,10-11,15-17,19-29,38-41,45-46H2,1-9H3,(H,95,115)(H,96,116)(H,98,111)(H,99,112)(H,101,113)(H,102,109)(H,103,110)(H,104,114)/t48?,50?,51?,52?,56-,57+,59+,60?,65+,66-,69+,70?,71+,74?/m1/s1. The number of amides is 10. The number of carbonyl (C=O) groups is 12. The van der Waals surface area contributed by atoms with Crippen molar-refractivity contribution in [2.24, 2.45) is 35.0 Å². The summed E-state index contributed by atoms with van der Waals surface area (Å²) in [6, 6.07) is -8.41. The number of rotatable bonds is 34. The van der Waals surface area contributed by atoms with Crippen LogP contribution < -0.4 is 62.6 Å². The average Bonchev–Trinajstić information content (AvgIpc) is 1.75. The highest BCUT2D eigenvalue weighted by atomic mass is 19.3. The topological polar surface area (TPSA) is 425 Å². The van der Waals surface area contributed by atoms with Gasteiger partial charge < -0.3 is 66.5 Å². The first-order valence-corrected chi connectivity index (χ1v) is 42.4. The van der Waals surface area contributed by atoms with Gasteiger partial charge >= 0.3 is 6.01 Å². The number of pyridine rings is 1. The number of alkyl halides is 2. The molecular formula is C87H111F2N17O15. The zero-order valence-corrected chi connectivity index (χ0v) is 69.9. The second-order valence-corrected chi connectivity index (χ2v) is 34.5. The Bertz CT molecular complexity index is 4750. The summed E-state index contributed by atoms with van der Waals surface area (Å²) in [5.74, 6) is -13.2. The molecule has 32 nitrogen and oxygen atoms in total. The van der Waals surface area contributed by atoms with Gasteiger partial charge in [0.05, 0.1) is 55.7 Å². The molecule has 0 bridgehead atoms. The van der Waals surface area contributed by atoms with Crippen molar-refractivity contribution in [3.63, 3.8) is 0 Å². The molecule has 0 radical (unpaired) electrons. The van der Waals surface area contributed by atoms with Crippen LogP contribution in [-0.4, -0.2) is 208 Å². The SMILES string of the molecule is CCCC(NC(=O)[C@H]1C[C@H](Oc2nccc(C(C)(F)F)n2)CN1C(=O)C(NC(=O)C(NC(=O)c1cnccn1)C1CCC(C2CCCC([C@H](NC(=O)c3cnccn3)C(=O)N[C@H](C(=O)N3C[C@H](Oc4cc(=C5C=CC=CC5)nc5c4=CC=C(OC)C5)C[C@H]3C(=O)N[C@@H](CCC)C(=O)C(=O)NC3CC3)C(C)C)C2)CC1)C(C)(C)C)C(=O)C(=O)NC1CC1. The third-order valence-corrected chi connectivity index (χ3v) is 23.9. The van der Waals surface area contributed by atoms with E-state index >= 15 is 24.0 Å². The van der Waals surface area contributed by atoms with E-state index < -0.39 is 172 Å². The summed E-state index contributed by atoms with van der Waals surface area (Å²) in [6.07, 6.45) is 27.2. The summed E-state index contributed by atoms with van der Waals surface area (Å²) < 4.78 is 47.8. The normalized spacial score (nSPS) is 23.4. The molecule has 8 aliphatic rings. The average molecular weight is 1670 g/mol. The molecule has 4 saturated carbocycles. The van der Waals surface area contributed by atoms with Crippen LogP contribution in [0.15, 0.2) is 91.6 Å². The monoisotopic (exact) mass is 1670 g/mol. The van der Waals surface area contributed by atoms with Crippen molar-refractivity contribution in [3.8, 4) is 11.8 Å². The van der Waals surface area contributed by atoms with E-state index in [2.05, 4.69) is 72.4 Å². The van der Waals surface area contributed by atoms with Crippen LogP contribution >= 0.6 is 0 Å². The van der Waals surface area contributed by atoms with E-state index in [-0.39, 0.29) is 74.1 Å². The van der Waals surface area contributed by atoms with Crippen molar-refractivity contribution in [1.29, 1.82) is 0 Å². The second-order valence-electron chi connectivity index (χ2n) is 34.5. The summed E-state index contributed by atoms with van der Waals surface area (Å²) in [5, 5.41) is 24.2. The third kappa shape index (κ3) is 22.6. The van der Waals surface area contributed by atoms with Gasteiger partial charge in [-0.3, -0.25) is 72.5 Å². The molecule has 34 heteroatoms. The molecule has 4 aromatic rings. The van der Waals surface area contributed by atoms with Crippen molar-refractivity contribution < 1.29 is 80.5 Å². The van der Waals surface area contributed by atoms with E-state index in [4.69, 9.17) is 19.2 Å². The smallest absolute Gasteiger partial charge is 0.317 e. The summed E-state index contributed by atoms with van der Waals surface area (Å²) in [6.45, 7) is 12.3. The maximum atomic E-state index is 15.8. The fraction of sp³-hybridized carbons (Fsp3) is 0.575. The van der Waals surface area contributed by atoms with E-state index in [9.17, 15) is 42.3 Å². The quantitative estimate of drug-likeness (QED) is 0.0295. The van der Waals surface area contributed by atoms with Gasteiger partial charge in [-0.15, -0.1) is 0 Å². The molecule has 2 saturated heterocycles. The van der Waals surface area contributed by atoms with Gasteiger partial charge in [-0.05, 0) is 142 Å². The van der Waals surface area contributed by atoms with Gasteiger partial charge in [0.2, 0.25) is 47.0 Å². The lowest BCUT2D eigenvalue weighted by atomic mass is 9.66. The second kappa shape index (κ2) is 39.5. The highest BCUT2D eigenvalue weighted by Crippen LogP contribution is 2.44. The molecule has 0 aromatic carbocycles. The van der Waals surface area contributed by atoms with Crippen LogP contribution in [0.5, 0.6) is 11.8 Å². The van der Waals surface area contributed by atoms with Gasteiger partial charge in [0.1, 0.15) is 77.0 Å². The molecule has 0 spiro atoms. The van der Waals surface area contributed by atoms with Crippen LogP contribution in [-0.2, 0) is 65.0 Å². The van der Waals surface area contributed by atoms with Gasteiger partial charge in [-0.1, -0.05) is 98.5 Å². The fourth-order valence-electron chi connectivity index (χ4n) is 17.0. The molecule has 5 unspecified atom stereocenters. The number of aromatic nitrogens is 7. The zero-order valence-electron chi connectivity index (χ0n) is 69.9. The predicted octanol–water partition coefficient (Wildman–Crippen LogP) is 4.64. The molecule has 121 heavy (non-hydrogen) atoms. The first-order chi connectivity index (χ1) is 57.9. The molecule has 4 aromatic heterocycles. The zero-order chi connectivity index (χ0) is 86.6. The number of hydrogen-bond donors (Lipinski definition) is 8. The van der Waals surface area contributed by atoms with E-state index in [1.165, 1.54) is 47.0 Å². The molecule has 6 aliphatic carbocycles. The Balaban J connectivity index is 0.781. The van der Waals surface area contributed by atoms with Crippen molar-refractivity contribution >= 4 is 82.3 Å². The minimum Gasteiger partial charge on any atom is -0.501 e. The van der Waals surface area contributed by atoms with Gasteiger partial charge in [-0.2, -0.15) is 13.8 Å². The maximum absolute atomic E-state index is 15.8. The Kier molecular flexibility index (Phi) is 29.0. The van der Waals surface area contributed by atoms with E-state index in [1.807, 2.05) is 49.4 Å². The summed E-state index contributed by atoms with van der Waals surface area (Å²) in [5.41, 5.74) is -0.321. The highest BCUT2D eigenvalue weighted by Gasteiger charge is 2.51. The molecule has 648 valence electrons. The number of hydrogen-bond acceptors (Lipinski definition) is 22. The first kappa shape index (κ1) is 88.9. The lowest BCUT2D eigenvalue weighted by Gasteiger charge is -2.42. The number of nitrogens with one attached hydrogen (secondary N) is 8. The van der Waals surface area contributed by atoms with Crippen molar-refractivity contribution in [2.75, 3.05) is 20.2 Å². The summed E-state index contributed by atoms with van der Waals surface area (Å²) in [7, 11) is 1.58. The van der Waals surface area contributed by atoms with Gasteiger partial charge in [0, 0.05) is 80.5 Å². The number of nitrogens with zero attached hydrogens (tertiary/aromatic N) is 9. The molecule has 12 atom stereocenters. The number of likely N-dealkylation sites (tertiary alicyclic amines) is 2. The fourth-order valence-corrected chi connectivity index (χ4v) is 17.0. The Morgan fingerprint density at radius 3 is 1.69 bits per heavy atom. The number of methoxy groups -OCH3 is 1. The largest absolute Gasteiger partial charge is 0.501 e. The molecule has 6 heterocycles. The van der Waals surface area contributed by atoms with Crippen LogP contribution in [0.1, 0.15) is 210 Å². The Hall–Kier alpha value is -11.4. The summed E-state index contributed by atoms with van der Waals surface area (Å²) >= 11 is 0. The third-order valence-electron chi connectivity index (χ3n) is 23.9. The predicted molar refractivity (Wildman–Crippen MR) is 435 cm³/mol. The van der Waals surface area contributed by atoms with Crippen molar-refractivity contribution in [2.45, 2.75) is 262 Å². The Labute approximate surface area is 701 Å². The molecule has 6 fully saturated rings. The molecule has 8 N–H and O–H groups in total. The maximum Gasteiger partial charge on any atom is 0.317 e. The number of Topliss-reactive ketones (excluding diaryl/α,β-unsaturated/α-hetero) is 2. The number of allylic oxidation sites excluding steroid dienone is 6. The molecule has 12 rings (SSSR count). The van der Waals surface area contributed by atoms with Crippen LogP contribution in [0.2, 0.25) is 0 Å².